The lowest BCUT2D eigenvalue weighted by Gasteiger charge is -2.41. The minimum Gasteiger partial charge on any atom is -0.376 e. The number of ether oxygens (including phenoxy) is 1. The van der Waals surface area contributed by atoms with Gasteiger partial charge in [0.15, 0.2) is 0 Å². The van der Waals surface area contributed by atoms with Crippen molar-refractivity contribution in [2.75, 3.05) is 6.61 Å². The van der Waals surface area contributed by atoms with Crippen LogP contribution >= 0.6 is 0 Å². The van der Waals surface area contributed by atoms with Gasteiger partial charge in [0.25, 0.3) is 0 Å². The highest BCUT2D eigenvalue weighted by Crippen LogP contribution is 2.60. The maximum atomic E-state index is 6.10. The van der Waals surface area contributed by atoms with Crippen molar-refractivity contribution < 1.29 is 4.74 Å². The Balaban J connectivity index is 1.30. The first-order valence-electron chi connectivity index (χ1n) is 19.2. The highest BCUT2D eigenvalue weighted by Gasteiger charge is 2.53. The minimum absolute atomic E-state index is 0.0704. The summed E-state index contributed by atoms with van der Waals surface area (Å²) in [7, 11) is -2.26. The molecule has 0 saturated heterocycles. The molecule has 2 aliphatic rings. The molecular formula is C48H53NOSi. The molecule has 1 heterocycles. The second-order valence-electron chi connectivity index (χ2n) is 16.6. The van der Waals surface area contributed by atoms with Gasteiger partial charge < -0.3 is 9.30 Å². The van der Waals surface area contributed by atoms with Crippen LogP contribution in [0.2, 0.25) is 12.6 Å². The van der Waals surface area contributed by atoms with Gasteiger partial charge in [-0.3, -0.25) is 0 Å². The molecule has 2 aliphatic carbocycles. The van der Waals surface area contributed by atoms with Crippen molar-refractivity contribution in [2.24, 2.45) is 0 Å². The van der Waals surface area contributed by atoms with Gasteiger partial charge in [-0.25, -0.2) is 0 Å². The van der Waals surface area contributed by atoms with Crippen molar-refractivity contribution in [2.45, 2.75) is 96.1 Å². The van der Waals surface area contributed by atoms with E-state index in [9.17, 15) is 0 Å². The highest BCUT2D eigenvalue weighted by molar-refractivity contribution is 6.83. The molecule has 6 aromatic rings. The van der Waals surface area contributed by atoms with E-state index in [4.69, 9.17) is 4.74 Å². The first-order valence-corrected chi connectivity index (χ1v) is 22.1. The molecule has 0 amide bonds. The fraction of sp³-hybridized carbons (Fsp3) is 0.333. The molecule has 260 valence electrons. The van der Waals surface area contributed by atoms with Crippen molar-refractivity contribution in [3.05, 3.63) is 154 Å². The third-order valence-corrected chi connectivity index (χ3v) is 17.3. The van der Waals surface area contributed by atoms with Crippen LogP contribution in [0.5, 0.6) is 0 Å². The van der Waals surface area contributed by atoms with Crippen molar-refractivity contribution >= 4 is 19.0 Å². The predicted octanol–water partition coefficient (Wildman–Crippen LogP) is 12.8. The zero-order valence-electron chi connectivity index (χ0n) is 31.4. The Labute approximate surface area is 306 Å². The smallest absolute Gasteiger partial charge is 0.0762 e. The number of nitrogens with zero attached hydrogens (tertiary/aromatic N) is 1. The summed E-state index contributed by atoms with van der Waals surface area (Å²) in [5, 5.41) is 1.46. The van der Waals surface area contributed by atoms with Gasteiger partial charge in [0.2, 0.25) is 0 Å². The highest BCUT2D eigenvalue weighted by atomic mass is 28.3. The Morgan fingerprint density at radius 3 is 1.90 bits per heavy atom. The maximum Gasteiger partial charge on any atom is 0.0762 e. The fourth-order valence-corrected chi connectivity index (χ4v) is 15.4. The largest absolute Gasteiger partial charge is 0.376 e. The molecule has 0 fully saturated rings. The molecule has 8 rings (SSSR count). The molecule has 2 unspecified atom stereocenters. The lowest BCUT2D eigenvalue weighted by molar-refractivity contribution is -0.00471. The van der Waals surface area contributed by atoms with Gasteiger partial charge in [0, 0.05) is 40.7 Å². The molecule has 0 spiro atoms. The first-order chi connectivity index (χ1) is 24.7. The molecule has 1 aromatic heterocycles. The van der Waals surface area contributed by atoms with Crippen LogP contribution in [0.25, 0.3) is 33.3 Å². The van der Waals surface area contributed by atoms with Crippen LogP contribution in [0.15, 0.2) is 115 Å². The quantitative estimate of drug-likeness (QED) is 0.0977. The average molecular weight is 688 g/mol. The topological polar surface area (TPSA) is 14.2 Å². The molecular weight excluding hydrogens is 635 g/mol. The minimum atomic E-state index is -2.26. The molecule has 0 bridgehead atoms. The number of aromatic nitrogens is 1. The molecule has 5 aromatic carbocycles. The summed E-state index contributed by atoms with van der Waals surface area (Å²) in [6.45, 7) is 15.5. The summed E-state index contributed by atoms with van der Waals surface area (Å²) in [4.78, 5) is 0. The fourth-order valence-electron chi connectivity index (χ4n) is 9.67. The van der Waals surface area contributed by atoms with Gasteiger partial charge in [0.05, 0.1) is 19.4 Å². The van der Waals surface area contributed by atoms with E-state index in [2.05, 4.69) is 161 Å². The van der Waals surface area contributed by atoms with Crippen LogP contribution in [0.3, 0.4) is 0 Å². The Morgan fingerprint density at radius 2 is 1.24 bits per heavy atom. The number of unbranched alkanes of at least 4 members (excludes halogenated alkanes) is 3. The van der Waals surface area contributed by atoms with Gasteiger partial charge in [-0.05, 0) is 97.7 Å². The van der Waals surface area contributed by atoms with Crippen molar-refractivity contribution in [1.82, 2.24) is 4.57 Å². The lowest BCUT2D eigenvalue weighted by atomic mass is 10.1. The van der Waals surface area contributed by atoms with Gasteiger partial charge >= 0.3 is 0 Å². The molecule has 0 radical (unpaired) electrons. The Kier molecular flexibility index (Phi) is 8.93. The van der Waals surface area contributed by atoms with Crippen molar-refractivity contribution in [3.63, 3.8) is 0 Å². The van der Waals surface area contributed by atoms with Crippen LogP contribution in [-0.2, 0) is 11.3 Å². The van der Waals surface area contributed by atoms with E-state index in [0.717, 1.165) is 19.6 Å². The third-order valence-electron chi connectivity index (χ3n) is 12.0. The predicted molar refractivity (Wildman–Crippen MR) is 219 cm³/mol. The Hall–Kier alpha value is -4.18. The molecule has 0 aliphatic heterocycles. The summed E-state index contributed by atoms with van der Waals surface area (Å²) in [5.74, 6) is 0. The van der Waals surface area contributed by atoms with Crippen LogP contribution in [-0.4, -0.2) is 24.8 Å². The number of aryl methyl sites for hydroxylation is 2. The summed E-state index contributed by atoms with van der Waals surface area (Å²) in [6.07, 6.45) is 4.86. The van der Waals surface area contributed by atoms with E-state index < -0.39 is 8.07 Å². The molecule has 3 heteroatoms. The van der Waals surface area contributed by atoms with E-state index in [-0.39, 0.29) is 5.60 Å². The van der Waals surface area contributed by atoms with Crippen LogP contribution in [0, 0.1) is 13.8 Å². The second-order valence-corrected chi connectivity index (χ2v) is 21.2. The zero-order valence-corrected chi connectivity index (χ0v) is 32.4. The molecule has 2 nitrogen and oxygen atoms in total. The molecule has 0 N–H and O–H groups in total. The van der Waals surface area contributed by atoms with Crippen molar-refractivity contribution in [1.29, 1.82) is 0 Å². The van der Waals surface area contributed by atoms with E-state index in [1.165, 1.54) is 75.3 Å². The second kappa shape index (κ2) is 13.4. The van der Waals surface area contributed by atoms with E-state index in [1.54, 1.807) is 22.3 Å². The maximum absolute atomic E-state index is 6.10. The number of fused-ring (bicyclic) bond motifs is 8. The zero-order chi connectivity index (χ0) is 35.3. The first kappa shape index (κ1) is 33.9. The van der Waals surface area contributed by atoms with Gasteiger partial charge in [0.1, 0.15) is 0 Å². The molecule has 2 atom stereocenters. The third kappa shape index (κ3) is 6.03. The normalized spacial score (nSPS) is 16.2. The number of hydrogen-bond acceptors (Lipinski definition) is 1. The van der Waals surface area contributed by atoms with Crippen LogP contribution in [0.4, 0.5) is 0 Å². The summed E-state index contributed by atoms with van der Waals surface area (Å²) in [6, 6.07) is 45.7. The van der Waals surface area contributed by atoms with Crippen LogP contribution in [0.1, 0.15) is 96.5 Å². The van der Waals surface area contributed by atoms with Gasteiger partial charge in [-0.15, -0.1) is 0 Å². The standard InChI is InChI=1S/C48H53NOSi/c1-33-27-28-43-42(31-33)44-45(49(43)32-35-20-10-9-19-34(35)2)38-23-13-16-26-41(38)47(44)51(6,30-18-8-7-17-29-50-48(3,4)5)46-39-24-14-11-21-36(39)37-22-12-15-25-40(37)46/h9-16,19-28,31,46-47H,7-8,17-18,29-30,32H2,1-6H3. The molecule has 0 saturated carbocycles. The monoisotopic (exact) mass is 687 g/mol. The number of hydrogen-bond donors (Lipinski definition) is 0. The SMILES string of the molecule is Cc1ccc2c(c1)c1c(n2Cc2ccccc2C)-c2ccccc2C1[Si](C)(CCCCCCOC(C)(C)C)C1c2ccccc2-c2ccccc21. The van der Waals surface area contributed by atoms with Gasteiger partial charge in [-0.2, -0.15) is 0 Å². The van der Waals surface area contributed by atoms with Crippen LogP contribution < -0.4 is 0 Å². The number of rotatable bonds is 11. The van der Waals surface area contributed by atoms with E-state index in [1.807, 2.05) is 0 Å². The lowest BCUT2D eigenvalue weighted by Crippen LogP contribution is -2.45. The van der Waals surface area contributed by atoms with Crippen molar-refractivity contribution in [3.8, 4) is 22.4 Å². The number of benzene rings is 5. The molecule has 51 heavy (non-hydrogen) atoms. The van der Waals surface area contributed by atoms with E-state index in [0.29, 0.717) is 11.1 Å². The Morgan fingerprint density at radius 1 is 0.647 bits per heavy atom. The summed E-state index contributed by atoms with van der Waals surface area (Å²) in [5.41, 5.74) is 18.3. The summed E-state index contributed by atoms with van der Waals surface area (Å²) >= 11 is 0. The average Bonchev–Trinajstić information content (AvgIpc) is 3.74. The van der Waals surface area contributed by atoms with E-state index >= 15 is 0 Å². The Bertz CT molecular complexity index is 2170. The summed E-state index contributed by atoms with van der Waals surface area (Å²) < 4.78 is 8.78. The van der Waals surface area contributed by atoms with Gasteiger partial charge in [-0.1, -0.05) is 141 Å².